The van der Waals surface area contributed by atoms with Crippen LogP contribution in [0.3, 0.4) is 0 Å². The SMILES string of the molecule is CC(C)(C)c1nc(CN2CCCN(C(=O)CNC(=O)c3ccco3)CC2)cs1. The van der Waals surface area contributed by atoms with E-state index in [0.29, 0.717) is 13.1 Å². The Hall–Kier alpha value is -2.19. The highest BCUT2D eigenvalue weighted by Gasteiger charge is 2.22. The van der Waals surface area contributed by atoms with Crippen LogP contribution >= 0.6 is 11.3 Å². The number of carbonyl (C=O) groups excluding carboxylic acids is 2. The summed E-state index contributed by atoms with van der Waals surface area (Å²) in [6.07, 6.45) is 2.35. The molecule has 3 rings (SSSR count). The zero-order valence-corrected chi connectivity index (χ0v) is 17.6. The lowest BCUT2D eigenvalue weighted by molar-refractivity contribution is -0.130. The van der Waals surface area contributed by atoms with Crippen molar-refractivity contribution in [2.24, 2.45) is 0 Å². The number of rotatable bonds is 5. The molecule has 0 bridgehead atoms. The molecule has 0 spiro atoms. The summed E-state index contributed by atoms with van der Waals surface area (Å²) in [7, 11) is 0. The van der Waals surface area contributed by atoms with Gasteiger partial charge in [0.05, 0.1) is 23.5 Å². The van der Waals surface area contributed by atoms with Crippen molar-refractivity contribution in [3.8, 4) is 0 Å². The Balaban J connectivity index is 1.47. The molecule has 2 amide bonds. The van der Waals surface area contributed by atoms with Gasteiger partial charge in [-0.05, 0) is 18.6 Å². The third-order valence-corrected chi connectivity index (χ3v) is 5.98. The van der Waals surface area contributed by atoms with Gasteiger partial charge in [0.15, 0.2) is 5.76 Å². The number of hydrogen-bond acceptors (Lipinski definition) is 6. The Kier molecular flexibility index (Phi) is 6.51. The monoisotopic (exact) mass is 404 g/mol. The second kappa shape index (κ2) is 8.87. The van der Waals surface area contributed by atoms with E-state index < -0.39 is 0 Å². The molecule has 1 N–H and O–H groups in total. The Bertz CT molecular complexity index is 795. The van der Waals surface area contributed by atoms with E-state index in [1.54, 1.807) is 23.5 Å². The van der Waals surface area contributed by atoms with Gasteiger partial charge in [-0.3, -0.25) is 14.5 Å². The van der Waals surface area contributed by atoms with E-state index >= 15 is 0 Å². The van der Waals surface area contributed by atoms with E-state index in [-0.39, 0.29) is 29.5 Å². The van der Waals surface area contributed by atoms with E-state index in [2.05, 4.69) is 36.4 Å². The number of carbonyl (C=O) groups is 2. The highest BCUT2D eigenvalue weighted by atomic mass is 32.1. The van der Waals surface area contributed by atoms with Gasteiger partial charge in [0.2, 0.25) is 5.91 Å². The molecule has 0 atom stereocenters. The predicted molar refractivity (Wildman–Crippen MR) is 108 cm³/mol. The second-order valence-corrected chi connectivity index (χ2v) is 8.92. The number of aromatic nitrogens is 1. The normalized spacial score (nSPS) is 16.0. The maximum Gasteiger partial charge on any atom is 0.287 e. The number of nitrogens with one attached hydrogen (secondary N) is 1. The van der Waals surface area contributed by atoms with Crippen LogP contribution in [0.1, 0.15) is 48.4 Å². The summed E-state index contributed by atoms with van der Waals surface area (Å²) in [4.78, 5) is 33.3. The van der Waals surface area contributed by atoms with Crippen LogP contribution in [0.15, 0.2) is 28.2 Å². The number of thiazole rings is 1. The number of furan rings is 1. The lowest BCUT2D eigenvalue weighted by Crippen LogP contribution is -2.41. The largest absolute Gasteiger partial charge is 0.459 e. The van der Waals surface area contributed by atoms with E-state index in [1.807, 2.05) is 4.90 Å². The lowest BCUT2D eigenvalue weighted by atomic mass is 9.98. The lowest BCUT2D eigenvalue weighted by Gasteiger charge is -2.21. The molecule has 8 heteroatoms. The van der Waals surface area contributed by atoms with Gasteiger partial charge in [-0.25, -0.2) is 4.98 Å². The van der Waals surface area contributed by atoms with Gasteiger partial charge in [0, 0.05) is 43.5 Å². The average molecular weight is 405 g/mol. The summed E-state index contributed by atoms with van der Waals surface area (Å²) in [5, 5.41) is 5.92. The van der Waals surface area contributed by atoms with Crippen LogP contribution < -0.4 is 5.32 Å². The van der Waals surface area contributed by atoms with Gasteiger partial charge in [0.25, 0.3) is 5.91 Å². The van der Waals surface area contributed by atoms with Crippen LogP contribution in [0.5, 0.6) is 0 Å². The van der Waals surface area contributed by atoms with Crippen molar-refractivity contribution in [2.75, 3.05) is 32.7 Å². The molecule has 0 radical (unpaired) electrons. The molecule has 1 aliphatic rings. The summed E-state index contributed by atoms with van der Waals surface area (Å²) < 4.78 is 5.04. The number of nitrogens with zero attached hydrogens (tertiary/aromatic N) is 3. The van der Waals surface area contributed by atoms with Crippen LogP contribution in [-0.2, 0) is 16.8 Å². The van der Waals surface area contributed by atoms with Crippen LogP contribution in [0, 0.1) is 0 Å². The Morgan fingerprint density at radius 1 is 1.25 bits per heavy atom. The molecule has 0 saturated carbocycles. The van der Waals surface area contributed by atoms with E-state index in [0.717, 1.165) is 36.8 Å². The fraction of sp³-hybridized carbons (Fsp3) is 0.550. The van der Waals surface area contributed by atoms with Gasteiger partial charge in [-0.15, -0.1) is 11.3 Å². The Morgan fingerprint density at radius 3 is 2.75 bits per heavy atom. The molecule has 0 unspecified atom stereocenters. The standard InChI is InChI=1S/C20H28N4O3S/c1-20(2,3)19-22-15(14-28-19)13-23-7-5-8-24(10-9-23)17(25)12-21-18(26)16-6-4-11-27-16/h4,6,11,14H,5,7-10,12-13H2,1-3H3,(H,21,26). The van der Waals surface area contributed by atoms with Crippen LogP contribution in [0.25, 0.3) is 0 Å². The van der Waals surface area contributed by atoms with E-state index in [4.69, 9.17) is 9.40 Å². The molecular weight excluding hydrogens is 376 g/mol. The van der Waals surface area contributed by atoms with E-state index in [9.17, 15) is 9.59 Å². The summed E-state index contributed by atoms with van der Waals surface area (Å²) >= 11 is 1.71. The quantitative estimate of drug-likeness (QED) is 0.828. The van der Waals surface area contributed by atoms with E-state index in [1.165, 1.54) is 6.26 Å². The fourth-order valence-corrected chi connectivity index (χ4v) is 3.99. The first-order valence-electron chi connectivity index (χ1n) is 9.59. The first-order chi connectivity index (χ1) is 13.3. The number of amides is 2. The van der Waals surface area contributed by atoms with Gasteiger partial charge >= 0.3 is 0 Å². The van der Waals surface area contributed by atoms with Gasteiger partial charge < -0.3 is 14.6 Å². The summed E-state index contributed by atoms with van der Waals surface area (Å²) in [5.74, 6) is -0.217. The first kappa shape index (κ1) is 20.5. The predicted octanol–water partition coefficient (Wildman–Crippen LogP) is 2.50. The highest BCUT2D eigenvalue weighted by molar-refractivity contribution is 7.09. The third-order valence-electron chi connectivity index (χ3n) is 4.67. The first-order valence-corrected chi connectivity index (χ1v) is 10.5. The fourth-order valence-electron chi connectivity index (χ4n) is 3.09. The molecule has 2 aromatic heterocycles. The maximum absolute atomic E-state index is 12.5. The Morgan fingerprint density at radius 2 is 2.07 bits per heavy atom. The number of hydrogen-bond donors (Lipinski definition) is 1. The van der Waals surface area contributed by atoms with Crippen molar-refractivity contribution in [1.82, 2.24) is 20.1 Å². The molecule has 0 aromatic carbocycles. The zero-order valence-electron chi connectivity index (χ0n) is 16.7. The van der Waals surface area contributed by atoms with Crippen molar-refractivity contribution in [2.45, 2.75) is 39.2 Å². The molecular formula is C20H28N4O3S. The molecule has 2 aromatic rings. The van der Waals surface area contributed by atoms with Crippen molar-refractivity contribution < 1.29 is 14.0 Å². The van der Waals surface area contributed by atoms with Crippen molar-refractivity contribution in [3.63, 3.8) is 0 Å². The maximum atomic E-state index is 12.5. The summed E-state index contributed by atoms with van der Waals surface area (Å²) in [6.45, 7) is 10.4. The average Bonchev–Trinajstić information content (AvgIpc) is 3.28. The van der Waals surface area contributed by atoms with Crippen LogP contribution in [0.2, 0.25) is 0 Å². The zero-order chi connectivity index (χ0) is 20.1. The molecule has 0 aliphatic carbocycles. The minimum atomic E-state index is -0.368. The smallest absolute Gasteiger partial charge is 0.287 e. The van der Waals surface area contributed by atoms with Crippen molar-refractivity contribution >= 4 is 23.2 Å². The minimum Gasteiger partial charge on any atom is -0.459 e. The third kappa shape index (κ3) is 5.42. The van der Waals surface area contributed by atoms with Crippen LogP contribution in [-0.4, -0.2) is 59.3 Å². The highest BCUT2D eigenvalue weighted by Crippen LogP contribution is 2.26. The molecule has 1 saturated heterocycles. The van der Waals surface area contributed by atoms with Gasteiger partial charge in [-0.2, -0.15) is 0 Å². The van der Waals surface area contributed by atoms with Gasteiger partial charge in [-0.1, -0.05) is 20.8 Å². The van der Waals surface area contributed by atoms with Gasteiger partial charge in [0.1, 0.15) is 0 Å². The Labute approximate surface area is 169 Å². The van der Waals surface area contributed by atoms with Crippen molar-refractivity contribution in [1.29, 1.82) is 0 Å². The van der Waals surface area contributed by atoms with Crippen LogP contribution in [0.4, 0.5) is 0 Å². The molecule has 152 valence electrons. The molecule has 7 nitrogen and oxygen atoms in total. The second-order valence-electron chi connectivity index (χ2n) is 8.06. The molecule has 1 aliphatic heterocycles. The summed E-state index contributed by atoms with van der Waals surface area (Å²) in [5.41, 5.74) is 1.17. The molecule has 28 heavy (non-hydrogen) atoms. The minimum absolute atomic E-state index is 0.0133. The van der Waals surface area contributed by atoms with Crippen molar-refractivity contribution in [3.05, 3.63) is 40.2 Å². The summed E-state index contributed by atoms with van der Waals surface area (Å²) in [6, 6.07) is 3.22. The molecule has 3 heterocycles. The topological polar surface area (TPSA) is 78.7 Å². The molecule has 1 fully saturated rings.